The van der Waals surface area contributed by atoms with Crippen molar-refractivity contribution in [3.05, 3.63) is 0 Å². The molecular formula is C8H13NO2S2. The van der Waals surface area contributed by atoms with Crippen LogP contribution in [0, 0.1) is 0 Å². The quantitative estimate of drug-likeness (QED) is 0.659. The highest BCUT2D eigenvalue weighted by Gasteiger charge is 2.26. The number of hydrogen-bond donors (Lipinski definition) is 0. The van der Waals surface area contributed by atoms with Crippen molar-refractivity contribution in [2.24, 2.45) is 0 Å². The van der Waals surface area contributed by atoms with Gasteiger partial charge in [0.2, 0.25) is 5.91 Å². The second-order valence-electron chi connectivity index (χ2n) is 2.24. The van der Waals surface area contributed by atoms with Crippen molar-refractivity contribution in [2.45, 2.75) is 20.8 Å². The first-order valence-corrected chi connectivity index (χ1v) is 5.47. The molecule has 3 nitrogen and oxygen atoms in total. The first kappa shape index (κ1) is 12.6. The molecule has 0 aromatic carbocycles. The fraction of sp³-hybridized carbons (Fsp3) is 0.625. The van der Waals surface area contributed by atoms with Gasteiger partial charge in [-0.3, -0.25) is 14.5 Å². The predicted octanol–water partition coefficient (Wildman–Crippen LogP) is 1.46. The Labute approximate surface area is 87.9 Å². The van der Waals surface area contributed by atoms with Crippen molar-refractivity contribution < 1.29 is 9.59 Å². The number of amides is 1. The van der Waals surface area contributed by atoms with Crippen LogP contribution in [0.15, 0.2) is 0 Å². The van der Waals surface area contributed by atoms with E-state index >= 15 is 0 Å². The van der Waals surface area contributed by atoms with Crippen molar-refractivity contribution in [3.63, 3.8) is 0 Å². The van der Waals surface area contributed by atoms with E-state index < -0.39 is 0 Å². The number of hydrogen-bond acceptors (Lipinski definition) is 4. The maximum absolute atomic E-state index is 11.0. The van der Waals surface area contributed by atoms with E-state index in [-0.39, 0.29) is 18.2 Å². The Morgan fingerprint density at radius 1 is 1.62 bits per heavy atom. The normalized spacial score (nSPS) is 15.5. The Hall–Kier alpha value is -0.420. The smallest absolute Gasteiger partial charge is 0.238 e. The van der Waals surface area contributed by atoms with Crippen molar-refractivity contribution in [1.29, 1.82) is 0 Å². The van der Waals surface area contributed by atoms with Crippen LogP contribution in [0.25, 0.3) is 0 Å². The molecule has 13 heavy (non-hydrogen) atoms. The zero-order chi connectivity index (χ0) is 10.4. The van der Waals surface area contributed by atoms with Crippen molar-refractivity contribution >= 4 is 40.0 Å². The Morgan fingerprint density at radius 3 is 2.46 bits per heavy atom. The number of ketones is 1. The summed E-state index contributed by atoms with van der Waals surface area (Å²) in [6.07, 6.45) is 0. The third-order valence-electron chi connectivity index (χ3n) is 1.22. The summed E-state index contributed by atoms with van der Waals surface area (Å²) in [4.78, 5) is 23.0. The molecule has 74 valence electrons. The van der Waals surface area contributed by atoms with Gasteiger partial charge in [0.1, 0.15) is 10.1 Å². The van der Waals surface area contributed by atoms with Gasteiger partial charge in [0, 0.05) is 0 Å². The number of rotatable bonds is 2. The summed E-state index contributed by atoms with van der Waals surface area (Å²) in [6, 6.07) is 0. The molecule has 1 aliphatic heterocycles. The lowest BCUT2D eigenvalue weighted by molar-refractivity contribution is -0.128. The lowest BCUT2D eigenvalue weighted by Gasteiger charge is -2.11. The highest BCUT2D eigenvalue weighted by atomic mass is 32.2. The molecule has 0 N–H and O–H groups in total. The number of carbonyl (C=O) groups is 2. The van der Waals surface area contributed by atoms with Gasteiger partial charge < -0.3 is 0 Å². The van der Waals surface area contributed by atoms with E-state index in [2.05, 4.69) is 0 Å². The lowest BCUT2D eigenvalue weighted by atomic mass is 10.4. The molecule has 1 fully saturated rings. The summed E-state index contributed by atoms with van der Waals surface area (Å²) >= 11 is 6.16. The van der Waals surface area contributed by atoms with E-state index in [0.29, 0.717) is 10.1 Å². The van der Waals surface area contributed by atoms with E-state index in [1.807, 2.05) is 13.8 Å². The minimum atomic E-state index is -0.0600. The summed E-state index contributed by atoms with van der Waals surface area (Å²) in [6.45, 7) is 5.57. The summed E-state index contributed by atoms with van der Waals surface area (Å²) < 4.78 is 0.519. The predicted molar refractivity (Wildman–Crippen MR) is 58.8 cm³/mol. The molecule has 1 aliphatic rings. The summed E-state index contributed by atoms with van der Waals surface area (Å²) in [5, 5.41) is 0. The Balaban J connectivity index is 0.000000671. The van der Waals surface area contributed by atoms with Crippen LogP contribution >= 0.6 is 24.0 Å². The highest BCUT2D eigenvalue weighted by Crippen LogP contribution is 2.18. The van der Waals surface area contributed by atoms with Crippen LogP contribution < -0.4 is 0 Å². The minimum Gasteiger partial charge on any atom is -0.298 e. The van der Waals surface area contributed by atoms with Crippen LogP contribution in [-0.2, 0) is 9.59 Å². The number of nitrogens with zero attached hydrogens (tertiary/aromatic N) is 1. The van der Waals surface area contributed by atoms with Crippen LogP contribution in [0.3, 0.4) is 0 Å². The molecule has 1 saturated heterocycles. The minimum absolute atomic E-state index is 0.0387. The second kappa shape index (κ2) is 6.10. The molecule has 0 radical (unpaired) electrons. The molecule has 1 amide bonds. The van der Waals surface area contributed by atoms with Crippen LogP contribution in [0.2, 0.25) is 0 Å². The Kier molecular flexibility index (Phi) is 5.90. The largest absolute Gasteiger partial charge is 0.298 e. The molecule has 1 rings (SSSR count). The highest BCUT2D eigenvalue weighted by molar-refractivity contribution is 8.23. The third kappa shape index (κ3) is 3.87. The van der Waals surface area contributed by atoms with Gasteiger partial charge >= 0.3 is 0 Å². The van der Waals surface area contributed by atoms with E-state index in [9.17, 15) is 9.59 Å². The van der Waals surface area contributed by atoms with Crippen LogP contribution in [0.1, 0.15) is 20.8 Å². The van der Waals surface area contributed by atoms with Crippen molar-refractivity contribution in [3.8, 4) is 0 Å². The summed E-state index contributed by atoms with van der Waals surface area (Å²) in [5.74, 6) is 0.282. The van der Waals surface area contributed by atoms with E-state index in [4.69, 9.17) is 12.2 Å². The molecule has 0 aliphatic carbocycles. The zero-order valence-corrected chi connectivity index (χ0v) is 9.63. The summed E-state index contributed by atoms with van der Waals surface area (Å²) in [7, 11) is 0. The molecule has 0 aromatic heterocycles. The number of carbonyl (C=O) groups excluding carboxylic acids is 2. The molecule has 0 spiro atoms. The van der Waals surface area contributed by atoms with Crippen molar-refractivity contribution in [2.75, 3.05) is 12.3 Å². The number of thioether (sulfide) groups is 1. The topological polar surface area (TPSA) is 37.4 Å². The first-order valence-electron chi connectivity index (χ1n) is 4.08. The van der Waals surface area contributed by atoms with Gasteiger partial charge in [0.05, 0.1) is 12.3 Å². The van der Waals surface area contributed by atoms with Crippen LogP contribution in [0.5, 0.6) is 0 Å². The maximum Gasteiger partial charge on any atom is 0.238 e. The SMILES string of the molecule is CC.CC(=O)CN1C(=O)CSC1=S. The van der Waals surface area contributed by atoms with Gasteiger partial charge in [-0.05, 0) is 6.92 Å². The molecule has 5 heteroatoms. The number of Topliss-reactive ketones (excluding diaryl/α,β-unsaturated/α-hetero) is 1. The van der Waals surface area contributed by atoms with Crippen LogP contribution in [0.4, 0.5) is 0 Å². The molecule has 0 bridgehead atoms. The third-order valence-corrected chi connectivity index (χ3v) is 2.65. The molecule has 0 unspecified atom stereocenters. The average molecular weight is 219 g/mol. The zero-order valence-electron chi connectivity index (χ0n) is 7.99. The van der Waals surface area contributed by atoms with Gasteiger partial charge in [-0.15, -0.1) is 0 Å². The lowest BCUT2D eigenvalue weighted by Crippen LogP contribution is -2.32. The monoisotopic (exact) mass is 219 g/mol. The maximum atomic E-state index is 11.0. The van der Waals surface area contributed by atoms with E-state index in [1.54, 1.807) is 0 Å². The Morgan fingerprint density at radius 2 is 2.15 bits per heavy atom. The van der Waals surface area contributed by atoms with Gasteiger partial charge in [0.25, 0.3) is 0 Å². The van der Waals surface area contributed by atoms with E-state index in [0.717, 1.165) is 0 Å². The van der Waals surface area contributed by atoms with Gasteiger partial charge in [0.15, 0.2) is 0 Å². The molecular weight excluding hydrogens is 206 g/mol. The first-order chi connectivity index (χ1) is 6.11. The van der Waals surface area contributed by atoms with Gasteiger partial charge in [-0.2, -0.15) is 0 Å². The van der Waals surface area contributed by atoms with E-state index in [1.165, 1.54) is 23.6 Å². The van der Waals surface area contributed by atoms with Gasteiger partial charge in [-0.25, -0.2) is 0 Å². The molecule has 0 saturated carbocycles. The fourth-order valence-corrected chi connectivity index (χ4v) is 1.82. The summed E-state index contributed by atoms with van der Waals surface area (Å²) in [5.41, 5.74) is 0. The fourth-order valence-electron chi connectivity index (χ4n) is 0.757. The van der Waals surface area contributed by atoms with Gasteiger partial charge in [-0.1, -0.05) is 37.8 Å². The molecule has 1 heterocycles. The number of thiocarbonyl (C=S) groups is 1. The standard InChI is InChI=1S/C6H7NO2S2.C2H6/c1-4(8)2-7-5(9)3-11-6(7)10;1-2/h2-3H2,1H3;1-2H3. The molecule has 0 atom stereocenters. The van der Waals surface area contributed by atoms with Crippen LogP contribution in [-0.4, -0.2) is 33.2 Å². The second-order valence-corrected chi connectivity index (χ2v) is 3.85. The Bertz CT molecular complexity index is 212. The van der Waals surface area contributed by atoms with Crippen molar-refractivity contribution in [1.82, 2.24) is 4.90 Å². The average Bonchev–Trinajstić information content (AvgIpc) is 2.39. The molecule has 0 aromatic rings.